The summed E-state index contributed by atoms with van der Waals surface area (Å²) in [6.45, 7) is 3.97. The van der Waals surface area contributed by atoms with Crippen molar-refractivity contribution in [3.8, 4) is 5.69 Å². The van der Waals surface area contributed by atoms with Crippen LogP contribution in [0.3, 0.4) is 0 Å². The summed E-state index contributed by atoms with van der Waals surface area (Å²) in [6, 6.07) is 19.6. The van der Waals surface area contributed by atoms with Gasteiger partial charge >= 0.3 is 0 Å². The molecular weight excluding hydrogens is 470 g/mol. The molecule has 1 amide bonds. The van der Waals surface area contributed by atoms with Gasteiger partial charge in [0.15, 0.2) is 5.16 Å². The van der Waals surface area contributed by atoms with E-state index in [9.17, 15) is 9.59 Å². The molecule has 1 aliphatic carbocycles. The van der Waals surface area contributed by atoms with Crippen molar-refractivity contribution in [1.29, 1.82) is 0 Å². The molecule has 2 aromatic heterocycles. The molecule has 0 aliphatic heterocycles. The number of anilines is 1. The highest BCUT2D eigenvalue weighted by atomic mass is 32.2. The first kappa shape index (κ1) is 22.5. The summed E-state index contributed by atoms with van der Waals surface area (Å²) in [5, 5.41) is 12.9. The number of fused-ring (bicyclic) bond motifs is 4. The van der Waals surface area contributed by atoms with Crippen LogP contribution in [-0.4, -0.2) is 30.8 Å². The lowest BCUT2D eigenvalue weighted by Gasteiger charge is -2.14. The molecule has 1 N–H and O–H groups in total. The molecule has 5 aromatic rings. The summed E-state index contributed by atoms with van der Waals surface area (Å²) in [7, 11) is 0. The zero-order valence-corrected chi connectivity index (χ0v) is 20.9. The van der Waals surface area contributed by atoms with Crippen LogP contribution in [0.2, 0.25) is 0 Å². The average molecular weight is 496 g/mol. The quantitative estimate of drug-likeness (QED) is 0.352. The Hall–Kier alpha value is -3.91. The number of aryl methyl sites for hydroxylation is 4. The average Bonchev–Trinajstić information content (AvgIpc) is 3.52. The molecule has 0 spiro atoms. The Bertz CT molecular complexity index is 1720. The molecule has 3 aromatic carbocycles. The number of hydrogen-bond acceptors (Lipinski definition) is 5. The van der Waals surface area contributed by atoms with Crippen molar-refractivity contribution in [3.63, 3.8) is 0 Å². The largest absolute Gasteiger partial charge is 0.325 e. The third-order valence-electron chi connectivity index (χ3n) is 6.71. The minimum Gasteiger partial charge on any atom is -0.325 e. The molecule has 1 aliphatic rings. The Balaban J connectivity index is 1.37. The highest BCUT2D eigenvalue weighted by Crippen LogP contribution is 2.27. The fourth-order valence-electron chi connectivity index (χ4n) is 4.93. The first-order valence-electron chi connectivity index (χ1n) is 12.0. The van der Waals surface area contributed by atoms with E-state index >= 15 is 0 Å². The van der Waals surface area contributed by atoms with Gasteiger partial charge in [-0.05, 0) is 85.7 Å². The molecular formula is C28H25N5O2S. The third kappa shape index (κ3) is 3.87. The third-order valence-corrected chi connectivity index (χ3v) is 7.64. The van der Waals surface area contributed by atoms with Gasteiger partial charge in [-0.15, -0.1) is 10.2 Å². The lowest BCUT2D eigenvalue weighted by Crippen LogP contribution is -2.22. The lowest BCUT2D eigenvalue weighted by molar-refractivity contribution is -0.113. The maximum atomic E-state index is 13.6. The van der Waals surface area contributed by atoms with Crippen molar-refractivity contribution in [2.45, 2.75) is 38.3 Å². The van der Waals surface area contributed by atoms with Crippen molar-refractivity contribution in [3.05, 3.63) is 93.3 Å². The number of nitrogens with zero attached hydrogens (tertiary/aromatic N) is 4. The fourth-order valence-corrected chi connectivity index (χ4v) is 5.67. The Morgan fingerprint density at radius 1 is 1.00 bits per heavy atom. The number of thioether (sulfide) groups is 1. The van der Waals surface area contributed by atoms with Crippen LogP contribution in [-0.2, 0) is 17.6 Å². The summed E-state index contributed by atoms with van der Waals surface area (Å²) in [4.78, 5) is 26.4. The lowest BCUT2D eigenvalue weighted by atomic mass is 10.1. The summed E-state index contributed by atoms with van der Waals surface area (Å²) in [5.74, 6) is 0.491. The minimum atomic E-state index is -0.148. The van der Waals surface area contributed by atoms with E-state index in [0.29, 0.717) is 21.8 Å². The van der Waals surface area contributed by atoms with Gasteiger partial charge in [0.1, 0.15) is 0 Å². The van der Waals surface area contributed by atoms with Gasteiger partial charge in [0.05, 0.1) is 22.3 Å². The molecule has 0 atom stereocenters. The monoisotopic (exact) mass is 495 g/mol. The van der Waals surface area contributed by atoms with E-state index in [2.05, 4.69) is 27.6 Å². The van der Waals surface area contributed by atoms with E-state index in [4.69, 9.17) is 0 Å². The SMILES string of the molecule is Cc1ccc(C)c(-n2c(=O)c3ccccc3n3c(SCC(=O)Nc4ccc5c(c4)CCC5)nnc23)c1. The number of nitrogens with one attached hydrogen (secondary N) is 1. The van der Waals surface area contributed by atoms with Crippen molar-refractivity contribution >= 4 is 40.0 Å². The van der Waals surface area contributed by atoms with Crippen LogP contribution in [0, 0.1) is 13.8 Å². The minimum absolute atomic E-state index is 0.109. The van der Waals surface area contributed by atoms with Crippen LogP contribution in [0.15, 0.2) is 70.6 Å². The van der Waals surface area contributed by atoms with Gasteiger partial charge in [0, 0.05) is 5.69 Å². The summed E-state index contributed by atoms with van der Waals surface area (Å²) in [6.07, 6.45) is 3.35. The summed E-state index contributed by atoms with van der Waals surface area (Å²) < 4.78 is 3.48. The molecule has 7 nitrogen and oxygen atoms in total. The molecule has 8 heteroatoms. The Morgan fingerprint density at radius 3 is 2.72 bits per heavy atom. The summed E-state index contributed by atoms with van der Waals surface area (Å²) in [5.41, 5.74) is 6.86. The Labute approximate surface area is 212 Å². The van der Waals surface area contributed by atoms with E-state index in [1.807, 2.05) is 66.8 Å². The predicted molar refractivity (Wildman–Crippen MR) is 143 cm³/mol. The van der Waals surface area contributed by atoms with Crippen molar-refractivity contribution in [2.24, 2.45) is 0 Å². The van der Waals surface area contributed by atoms with Crippen molar-refractivity contribution in [2.75, 3.05) is 11.1 Å². The fraction of sp³-hybridized carbons (Fsp3) is 0.214. The number of hydrogen-bond donors (Lipinski definition) is 1. The maximum absolute atomic E-state index is 13.6. The number of benzene rings is 3. The molecule has 180 valence electrons. The van der Waals surface area contributed by atoms with Gasteiger partial charge in [0.25, 0.3) is 5.56 Å². The van der Waals surface area contributed by atoms with E-state index in [-0.39, 0.29) is 17.2 Å². The molecule has 6 rings (SSSR count). The van der Waals surface area contributed by atoms with E-state index < -0.39 is 0 Å². The molecule has 0 radical (unpaired) electrons. The predicted octanol–water partition coefficient (Wildman–Crippen LogP) is 4.87. The molecule has 0 unspecified atom stereocenters. The Kier molecular flexibility index (Phi) is 5.60. The second kappa shape index (κ2) is 8.95. The van der Waals surface area contributed by atoms with Gasteiger partial charge in [-0.25, -0.2) is 4.57 Å². The van der Waals surface area contributed by atoms with Crippen LogP contribution in [0.5, 0.6) is 0 Å². The first-order chi connectivity index (χ1) is 17.5. The van der Waals surface area contributed by atoms with Gasteiger partial charge in [-0.1, -0.05) is 42.1 Å². The van der Waals surface area contributed by atoms with Crippen LogP contribution in [0.4, 0.5) is 5.69 Å². The zero-order chi connectivity index (χ0) is 24.8. The summed E-state index contributed by atoms with van der Waals surface area (Å²) >= 11 is 1.30. The topological polar surface area (TPSA) is 81.3 Å². The van der Waals surface area contributed by atoms with Gasteiger partial charge in [-0.2, -0.15) is 0 Å². The molecule has 0 fully saturated rings. The zero-order valence-electron chi connectivity index (χ0n) is 20.1. The molecule has 0 saturated heterocycles. The van der Waals surface area contributed by atoms with Gasteiger partial charge < -0.3 is 5.32 Å². The molecule has 2 heterocycles. The van der Waals surface area contributed by atoms with Crippen molar-refractivity contribution < 1.29 is 4.79 Å². The van der Waals surface area contributed by atoms with Crippen LogP contribution in [0.25, 0.3) is 22.4 Å². The number of para-hydroxylation sites is 1. The number of carbonyl (C=O) groups excluding carboxylic acids is 1. The Morgan fingerprint density at radius 2 is 1.83 bits per heavy atom. The van der Waals surface area contributed by atoms with Gasteiger partial charge in [-0.3, -0.25) is 14.0 Å². The molecule has 0 bridgehead atoms. The van der Waals surface area contributed by atoms with E-state index in [1.165, 1.54) is 29.3 Å². The standard InChI is InChI=1S/C28H25N5O2S/c1-17-10-11-18(2)24(14-17)32-26(35)22-8-3-4-9-23(22)33-27(32)30-31-28(33)36-16-25(34)29-21-13-12-19-6-5-7-20(19)15-21/h3-4,8-15H,5-7,16H2,1-2H3,(H,29,34). The second-order valence-corrected chi connectivity index (χ2v) is 10.2. The first-order valence-corrected chi connectivity index (χ1v) is 13.0. The smallest absolute Gasteiger partial charge is 0.267 e. The van der Waals surface area contributed by atoms with Gasteiger partial charge in [0.2, 0.25) is 11.7 Å². The van der Waals surface area contributed by atoms with E-state index in [1.54, 1.807) is 4.57 Å². The number of rotatable bonds is 5. The van der Waals surface area contributed by atoms with Crippen LogP contribution >= 0.6 is 11.8 Å². The number of aromatic nitrogens is 4. The van der Waals surface area contributed by atoms with Crippen LogP contribution < -0.4 is 10.9 Å². The normalized spacial score (nSPS) is 12.8. The highest BCUT2D eigenvalue weighted by Gasteiger charge is 2.20. The van der Waals surface area contributed by atoms with E-state index in [0.717, 1.165) is 35.3 Å². The van der Waals surface area contributed by atoms with Crippen molar-refractivity contribution in [1.82, 2.24) is 19.2 Å². The molecule has 36 heavy (non-hydrogen) atoms. The number of amides is 1. The highest BCUT2D eigenvalue weighted by molar-refractivity contribution is 7.99. The maximum Gasteiger partial charge on any atom is 0.267 e. The second-order valence-electron chi connectivity index (χ2n) is 9.24. The number of carbonyl (C=O) groups is 1. The van der Waals surface area contributed by atoms with Crippen LogP contribution in [0.1, 0.15) is 28.7 Å². The molecule has 0 saturated carbocycles.